The van der Waals surface area contributed by atoms with E-state index < -0.39 is 17.9 Å². The van der Waals surface area contributed by atoms with Crippen molar-refractivity contribution < 1.29 is 14.7 Å². The third-order valence-corrected chi connectivity index (χ3v) is 2.64. The average Bonchev–Trinajstić information content (AvgIpc) is 2.36. The van der Waals surface area contributed by atoms with Gasteiger partial charge < -0.3 is 21.5 Å². The molecular weight excluding hydrogens is 260 g/mol. The summed E-state index contributed by atoms with van der Waals surface area (Å²) in [5, 5.41) is 18.7. The van der Waals surface area contributed by atoms with Gasteiger partial charge in [0.25, 0.3) is 0 Å². The number of carbonyl (C=O) groups excluding carboxylic acids is 2. The zero-order valence-electron chi connectivity index (χ0n) is 11.0. The maximum Gasteiger partial charge on any atom is 0.236 e. The van der Waals surface area contributed by atoms with Gasteiger partial charge in [-0.25, -0.2) is 0 Å². The lowest BCUT2D eigenvalue weighted by atomic mass is 10.0. The average molecular weight is 276 g/mol. The van der Waals surface area contributed by atoms with Crippen molar-refractivity contribution in [1.29, 1.82) is 5.26 Å². The van der Waals surface area contributed by atoms with Crippen LogP contribution < -0.4 is 16.4 Å². The molecule has 0 radical (unpaired) electrons. The molecule has 0 aliphatic carbocycles. The number of nitrogens with two attached hydrogens (primary N) is 2. The monoisotopic (exact) mass is 276 g/mol. The Labute approximate surface area is 116 Å². The second kappa shape index (κ2) is 6.54. The minimum absolute atomic E-state index is 0.239. The first-order valence-corrected chi connectivity index (χ1v) is 5.88. The van der Waals surface area contributed by atoms with Gasteiger partial charge in [0.05, 0.1) is 30.8 Å². The van der Waals surface area contributed by atoms with Crippen LogP contribution in [0.2, 0.25) is 0 Å². The molecule has 20 heavy (non-hydrogen) atoms. The summed E-state index contributed by atoms with van der Waals surface area (Å²) in [6.07, 6.45) is -0.832. The Balaban J connectivity index is 3.31. The van der Waals surface area contributed by atoms with Gasteiger partial charge in [-0.3, -0.25) is 9.59 Å². The highest BCUT2D eigenvalue weighted by Crippen LogP contribution is 2.27. The predicted molar refractivity (Wildman–Crippen MR) is 72.4 cm³/mol. The van der Waals surface area contributed by atoms with Crippen LogP contribution in [0.3, 0.4) is 0 Å². The summed E-state index contributed by atoms with van der Waals surface area (Å²) in [5.41, 5.74) is 11.5. The Bertz CT molecular complexity index is 547. The topological polar surface area (TPSA) is 133 Å². The summed E-state index contributed by atoms with van der Waals surface area (Å²) in [5.74, 6) is -1.30. The lowest BCUT2D eigenvalue weighted by molar-refractivity contribution is -0.117. The van der Waals surface area contributed by atoms with Crippen LogP contribution in [0.1, 0.15) is 24.2 Å². The molecule has 0 fully saturated rings. The molecule has 1 aromatic rings. The molecular formula is C13H16N4O3. The van der Waals surface area contributed by atoms with Gasteiger partial charge in [-0.15, -0.1) is 0 Å². The summed E-state index contributed by atoms with van der Waals surface area (Å²) in [6.45, 7) is 1.06. The van der Waals surface area contributed by atoms with E-state index in [9.17, 15) is 14.7 Å². The molecule has 0 heterocycles. The summed E-state index contributed by atoms with van der Waals surface area (Å²) < 4.78 is 0. The van der Waals surface area contributed by atoms with Crippen molar-refractivity contribution >= 4 is 17.5 Å². The van der Waals surface area contributed by atoms with E-state index in [4.69, 9.17) is 16.7 Å². The van der Waals surface area contributed by atoms with Crippen LogP contribution in [0.4, 0.5) is 5.69 Å². The van der Waals surface area contributed by atoms with Gasteiger partial charge in [0, 0.05) is 11.3 Å². The van der Waals surface area contributed by atoms with E-state index in [1.807, 2.05) is 6.07 Å². The van der Waals surface area contributed by atoms with Crippen molar-refractivity contribution in [3.63, 3.8) is 0 Å². The van der Waals surface area contributed by atoms with Crippen molar-refractivity contribution in [3.05, 3.63) is 29.3 Å². The highest BCUT2D eigenvalue weighted by molar-refractivity contribution is 5.85. The summed E-state index contributed by atoms with van der Waals surface area (Å²) in [4.78, 5) is 23.5. The lowest BCUT2D eigenvalue weighted by Crippen LogP contribution is -2.40. The second-order valence-electron chi connectivity index (χ2n) is 4.35. The van der Waals surface area contributed by atoms with Gasteiger partial charge in [0.1, 0.15) is 0 Å². The van der Waals surface area contributed by atoms with E-state index in [0.29, 0.717) is 16.8 Å². The fourth-order valence-corrected chi connectivity index (χ4v) is 1.84. The molecule has 1 atom stereocenters. The Kier molecular flexibility index (Phi) is 5.06. The first kappa shape index (κ1) is 15.5. The van der Waals surface area contributed by atoms with Crippen LogP contribution in [0.5, 0.6) is 0 Å². The normalized spacial score (nSPS) is 11.4. The number of carbonyl (C=O) groups is 2. The quantitative estimate of drug-likeness (QED) is 0.637. The number of amides is 2. The van der Waals surface area contributed by atoms with Crippen molar-refractivity contribution in [2.24, 2.45) is 11.5 Å². The zero-order chi connectivity index (χ0) is 15.3. The molecule has 1 aromatic carbocycles. The maximum absolute atomic E-state index is 11.1. The number of anilines is 1. The van der Waals surface area contributed by atoms with Crippen molar-refractivity contribution in [3.8, 4) is 6.07 Å². The molecule has 0 aliphatic rings. The van der Waals surface area contributed by atoms with E-state index in [-0.39, 0.29) is 13.1 Å². The maximum atomic E-state index is 11.1. The molecule has 106 valence electrons. The third-order valence-electron chi connectivity index (χ3n) is 2.64. The molecule has 0 bridgehead atoms. The van der Waals surface area contributed by atoms with Crippen LogP contribution in [0, 0.1) is 11.3 Å². The third kappa shape index (κ3) is 3.96. The smallest absolute Gasteiger partial charge is 0.236 e. The Morgan fingerprint density at radius 1 is 1.35 bits per heavy atom. The predicted octanol–water partition coefficient (Wildman–Crippen LogP) is -0.611. The van der Waals surface area contributed by atoms with Gasteiger partial charge in [-0.05, 0) is 19.1 Å². The molecule has 1 unspecified atom stereocenters. The molecule has 0 aliphatic heterocycles. The number of hydrogen-bond acceptors (Lipinski definition) is 5. The van der Waals surface area contributed by atoms with Crippen LogP contribution in [-0.4, -0.2) is 30.0 Å². The Morgan fingerprint density at radius 2 is 1.90 bits per heavy atom. The molecule has 2 amide bonds. The van der Waals surface area contributed by atoms with Gasteiger partial charge >= 0.3 is 0 Å². The molecule has 0 aromatic heterocycles. The SMILES string of the molecule is CC(O)c1ccc(C#N)cc1N(CC(N)=O)CC(N)=O. The number of hydrogen-bond donors (Lipinski definition) is 3. The number of aliphatic hydroxyl groups excluding tert-OH is 1. The number of primary amides is 2. The fraction of sp³-hybridized carbons (Fsp3) is 0.308. The Hall–Kier alpha value is -2.59. The number of benzene rings is 1. The van der Waals surface area contributed by atoms with Gasteiger partial charge in [-0.1, -0.05) is 6.07 Å². The van der Waals surface area contributed by atoms with E-state index in [0.717, 1.165) is 0 Å². The van der Waals surface area contributed by atoms with Crippen LogP contribution in [-0.2, 0) is 9.59 Å². The molecule has 7 heteroatoms. The van der Waals surface area contributed by atoms with Crippen molar-refractivity contribution in [2.75, 3.05) is 18.0 Å². The first-order chi connectivity index (χ1) is 9.35. The van der Waals surface area contributed by atoms with E-state index >= 15 is 0 Å². The zero-order valence-corrected chi connectivity index (χ0v) is 11.0. The van der Waals surface area contributed by atoms with E-state index in [2.05, 4.69) is 0 Å². The van der Waals surface area contributed by atoms with Gasteiger partial charge in [0.15, 0.2) is 0 Å². The van der Waals surface area contributed by atoms with E-state index in [1.165, 1.54) is 24.0 Å². The number of aliphatic hydroxyl groups is 1. The minimum atomic E-state index is -0.832. The second-order valence-corrected chi connectivity index (χ2v) is 4.35. The molecule has 5 N–H and O–H groups in total. The van der Waals surface area contributed by atoms with Crippen LogP contribution in [0.15, 0.2) is 18.2 Å². The van der Waals surface area contributed by atoms with E-state index in [1.54, 1.807) is 6.07 Å². The number of rotatable bonds is 6. The van der Waals surface area contributed by atoms with Crippen molar-refractivity contribution in [1.82, 2.24) is 0 Å². The highest BCUT2D eigenvalue weighted by atomic mass is 16.3. The fourth-order valence-electron chi connectivity index (χ4n) is 1.84. The first-order valence-electron chi connectivity index (χ1n) is 5.88. The van der Waals surface area contributed by atoms with Crippen molar-refractivity contribution in [2.45, 2.75) is 13.0 Å². The molecule has 7 nitrogen and oxygen atoms in total. The molecule has 0 saturated carbocycles. The van der Waals surface area contributed by atoms with Crippen LogP contribution in [0.25, 0.3) is 0 Å². The highest BCUT2D eigenvalue weighted by Gasteiger charge is 2.18. The Morgan fingerprint density at radius 3 is 2.30 bits per heavy atom. The number of nitriles is 1. The standard InChI is InChI=1S/C13H16N4O3/c1-8(18)10-3-2-9(5-14)4-11(10)17(6-12(15)19)7-13(16)20/h2-4,8,18H,6-7H2,1H3,(H2,15,19)(H2,16,20). The molecule has 1 rings (SSSR count). The molecule has 0 spiro atoms. The van der Waals surface area contributed by atoms with Gasteiger partial charge in [-0.2, -0.15) is 5.26 Å². The summed E-state index contributed by atoms with van der Waals surface area (Å²) >= 11 is 0. The van der Waals surface area contributed by atoms with Crippen LogP contribution >= 0.6 is 0 Å². The lowest BCUT2D eigenvalue weighted by Gasteiger charge is -2.25. The minimum Gasteiger partial charge on any atom is -0.389 e. The molecule has 0 saturated heterocycles. The van der Waals surface area contributed by atoms with Gasteiger partial charge in [0.2, 0.25) is 11.8 Å². The largest absolute Gasteiger partial charge is 0.389 e. The summed E-state index contributed by atoms with van der Waals surface area (Å²) in [6, 6.07) is 6.54. The summed E-state index contributed by atoms with van der Waals surface area (Å²) in [7, 11) is 0. The number of nitrogens with zero attached hydrogens (tertiary/aromatic N) is 2.